The number of carbonyl (C=O) groups is 2. The third-order valence-corrected chi connectivity index (χ3v) is 8.85. The normalized spacial score (nSPS) is 16.1. The van der Waals surface area contributed by atoms with E-state index in [-0.39, 0.29) is 16.5 Å². The number of ether oxygens (including phenoxy) is 1. The van der Waals surface area contributed by atoms with E-state index in [1.165, 1.54) is 28.0 Å². The van der Waals surface area contributed by atoms with Gasteiger partial charge in [-0.1, -0.05) is 126 Å². The molecule has 0 saturated carbocycles. The number of benzene rings is 4. The number of amides is 1. The van der Waals surface area contributed by atoms with Gasteiger partial charge >= 0.3 is 5.91 Å². The lowest BCUT2D eigenvalue weighted by Crippen LogP contribution is -2.29. The van der Waals surface area contributed by atoms with Crippen LogP contribution in [0.2, 0.25) is 0 Å². The first-order valence-corrected chi connectivity index (χ1v) is 15.0. The van der Waals surface area contributed by atoms with E-state index in [9.17, 15) is 14.7 Å². The van der Waals surface area contributed by atoms with Gasteiger partial charge in [0.2, 0.25) is 5.13 Å². The Hall–Kier alpha value is -4.73. The number of Topliss-reactive ketones (excluding diaryl/α,β-unsaturated/α-hetero) is 1. The number of nitrogens with zero attached hydrogens (tertiary/aromatic N) is 3. The van der Waals surface area contributed by atoms with Crippen molar-refractivity contribution in [2.24, 2.45) is 0 Å². The number of aromatic nitrogens is 2. The topological polar surface area (TPSA) is 92.6 Å². The Morgan fingerprint density at radius 1 is 0.833 bits per heavy atom. The maximum atomic E-state index is 13.6. The van der Waals surface area contributed by atoms with Crippen LogP contribution in [-0.2, 0) is 21.9 Å². The van der Waals surface area contributed by atoms with Gasteiger partial charge in [0, 0.05) is 11.3 Å². The van der Waals surface area contributed by atoms with Crippen LogP contribution in [0.25, 0.3) is 5.76 Å². The van der Waals surface area contributed by atoms with Gasteiger partial charge in [0.1, 0.15) is 18.1 Å². The molecule has 1 aliphatic rings. The summed E-state index contributed by atoms with van der Waals surface area (Å²) in [6, 6.07) is 34.8. The molecule has 4 aromatic carbocycles. The molecule has 1 amide bonds. The minimum Gasteiger partial charge on any atom is -0.507 e. The first-order valence-electron chi connectivity index (χ1n) is 13.2. The molecule has 9 heteroatoms. The number of thioether (sulfide) groups is 1. The van der Waals surface area contributed by atoms with Crippen molar-refractivity contribution in [3.05, 3.63) is 143 Å². The molecule has 1 aromatic heterocycles. The number of anilines is 1. The van der Waals surface area contributed by atoms with Crippen LogP contribution in [0.3, 0.4) is 0 Å². The molecule has 1 N–H and O–H groups in total. The number of hydrogen-bond acceptors (Lipinski definition) is 8. The van der Waals surface area contributed by atoms with Crippen LogP contribution >= 0.6 is 23.1 Å². The van der Waals surface area contributed by atoms with Crippen LogP contribution < -0.4 is 9.64 Å². The van der Waals surface area contributed by atoms with Crippen LogP contribution in [0.15, 0.2) is 125 Å². The fourth-order valence-electron chi connectivity index (χ4n) is 4.69. The SMILES string of the molecule is O=C1C(=O)N(c2nnc(SCc3ccccc3)s2)C(c2cccc(OCc3ccccc3)c2)C1=C(O)c1ccccc1. The summed E-state index contributed by atoms with van der Waals surface area (Å²) < 4.78 is 6.71. The van der Waals surface area contributed by atoms with Crippen molar-refractivity contribution in [3.8, 4) is 5.75 Å². The predicted molar refractivity (Wildman–Crippen MR) is 164 cm³/mol. The van der Waals surface area contributed by atoms with Crippen LogP contribution in [0, 0.1) is 0 Å². The molecule has 42 heavy (non-hydrogen) atoms. The Balaban J connectivity index is 1.36. The Labute approximate surface area is 251 Å². The molecular weight excluding hydrogens is 567 g/mol. The Kier molecular flexibility index (Phi) is 8.12. The molecule has 7 nitrogen and oxygen atoms in total. The van der Waals surface area contributed by atoms with E-state index in [1.54, 1.807) is 36.4 Å². The molecule has 1 atom stereocenters. The molecule has 2 heterocycles. The quantitative estimate of drug-likeness (QED) is 0.0646. The minimum atomic E-state index is -0.926. The van der Waals surface area contributed by atoms with Crippen LogP contribution in [0.4, 0.5) is 5.13 Å². The highest BCUT2D eigenvalue weighted by molar-refractivity contribution is 8.00. The van der Waals surface area contributed by atoms with Gasteiger partial charge in [-0.25, -0.2) is 0 Å². The standard InChI is InChI=1S/C33H25N3O4S2/c37-29(24-15-8-3-9-16-24)27-28(25-17-10-18-26(19-25)40-20-22-11-4-1-5-12-22)36(31(39)30(27)38)32-34-35-33(42-32)41-21-23-13-6-2-7-14-23/h1-19,28,37H,20-21H2. The van der Waals surface area contributed by atoms with Gasteiger partial charge in [-0.15, -0.1) is 10.2 Å². The molecule has 1 saturated heterocycles. The summed E-state index contributed by atoms with van der Waals surface area (Å²) in [5, 5.41) is 20.2. The lowest BCUT2D eigenvalue weighted by Gasteiger charge is -2.23. The Morgan fingerprint density at radius 2 is 1.50 bits per heavy atom. The second-order valence-electron chi connectivity index (χ2n) is 9.51. The number of aliphatic hydroxyl groups excluding tert-OH is 1. The van der Waals surface area contributed by atoms with Crippen LogP contribution in [-0.4, -0.2) is 27.0 Å². The highest BCUT2D eigenvalue weighted by Gasteiger charge is 2.48. The van der Waals surface area contributed by atoms with Gasteiger partial charge in [0.25, 0.3) is 5.78 Å². The number of rotatable bonds is 9. The van der Waals surface area contributed by atoms with Gasteiger partial charge < -0.3 is 9.84 Å². The molecule has 6 rings (SSSR count). The molecule has 1 fully saturated rings. The lowest BCUT2D eigenvalue weighted by molar-refractivity contribution is -0.132. The zero-order chi connectivity index (χ0) is 28.9. The minimum absolute atomic E-state index is 0.0138. The van der Waals surface area contributed by atoms with E-state index in [1.807, 2.05) is 78.9 Å². The summed E-state index contributed by atoms with van der Waals surface area (Å²) in [6.07, 6.45) is 0. The zero-order valence-electron chi connectivity index (χ0n) is 22.3. The molecule has 0 radical (unpaired) electrons. The largest absolute Gasteiger partial charge is 0.507 e. The van der Waals surface area contributed by atoms with Gasteiger partial charge in [-0.3, -0.25) is 14.5 Å². The molecule has 1 aliphatic heterocycles. The lowest BCUT2D eigenvalue weighted by atomic mass is 9.95. The van der Waals surface area contributed by atoms with E-state index in [0.29, 0.717) is 33.6 Å². The van der Waals surface area contributed by atoms with Gasteiger partial charge in [0.15, 0.2) is 4.34 Å². The van der Waals surface area contributed by atoms with Crippen LogP contribution in [0.5, 0.6) is 5.75 Å². The van der Waals surface area contributed by atoms with E-state index in [2.05, 4.69) is 10.2 Å². The number of ketones is 1. The summed E-state index contributed by atoms with van der Waals surface area (Å²) in [7, 11) is 0. The highest BCUT2D eigenvalue weighted by Crippen LogP contribution is 2.44. The summed E-state index contributed by atoms with van der Waals surface area (Å²) in [5.41, 5.74) is 3.17. The molecular formula is C33H25N3O4S2. The maximum Gasteiger partial charge on any atom is 0.301 e. The third-order valence-electron chi connectivity index (χ3n) is 6.72. The first-order chi connectivity index (χ1) is 20.6. The molecule has 208 valence electrons. The van der Waals surface area contributed by atoms with E-state index in [0.717, 1.165) is 11.1 Å². The molecule has 0 bridgehead atoms. The summed E-state index contributed by atoms with van der Waals surface area (Å²) in [6.45, 7) is 0.354. The van der Waals surface area contributed by atoms with Crippen molar-refractivity contribution >= 4 is 45.7 Å². The number of hydrogen-bond donors (Lipinski definition) is 1. The average molecular weight is 592 g/mol. The average Bonchev–Trinajstić information content (AvgIpc) is 3.62. The van der Waals surface area contributed by atoms with Gasteiger partial charge in [-0.05, 0) is 28.8 Å². The van der Waals surface area contributed by atoms with Crippen molar-refractivity contribution in [1.82, 2.24) is 10.2 Å². The second kappa shape index (κ2) is 12.4. The second-order valence-corrected chi connectivity index (χ2v) is 11.7. The summed E-state index contributed by atoms with van der Waals surface area (Å²) in [5.74, 6) is -0.556. The van der Waals surface area contributed by atoms with E-state index < -0.39 is 17.7 Å². The smallest absolute Gasteiger partial charge is 0.301 e. The molecule has 0 aliphatic carbocycles. The van der Waals surface area contributed by atoms with Crippen molar-refractivity contribution in [2.75, 3.05) is 4.90 Å². The fraction of sp³-hybridized carbons (Fsp3) is 0.0909. The van der Waals surface area contributed by atoms with Crippen molar-refractivity contribution in [2.45, 2.75) is 22.7 Å². The van der Waals surface area contributed by atoms with Crippen molar-refractivity contribution in [1.29, 1.82) is 0 Å². The van der Waals surface area contributed by atoms with Crippen LogP contribution in [0.1, 0.15) is 28.3 Å². The van der Waals surface area contributed by atoms with Crippen molar-refractivity contribution in [3.63, 3.8) is 0 Å². The maximum absolute atomic E-state index is 13.6. The summed E-state index contributed by atoms with van der Waals surface area (Å²) in [4.78, 5) is 28.4. The number of carbonyl (C=O) groups excluding carboxylic acids is 2. The van der Waals surface area contributed by atoms with E-state index in [4.69, 9.17) is 4.74 Å². The highest BCUT2D eigenvalue weighted by atomic mass is 32.2. The predicted octanol–water partition coefficient (Wildman–Crippen LogP) is 7.04. The molecule has 5 aromatic rings. The monoisotopic (exact) mass is 591 g/mol. The first kappa shape index (κ1) is 27.4. The number of aliphatic hydroxyl groups is 1. The van der Waals surface area contributed by atoms with Gasteiger partial charge in [-0.2, -0.15) is 0 Å². The van der Waals surface area contributed by atoms with E-state index >= 15 is 0 Å². The summed E-state index contributed by atoms with van der Waals surface area (Å²) >= 11 is 2.74. The van der Waals surface area contributed by atoms with Crippen molar-refractivity contribution < 1.29 is 19.4 Å². The molecule has 0 spiro atoms. The fourth-order valence-corrected chi connectivity index (χ4v) is 6.51. The Bertz CT molecular complexity index is 1740. The Morgan fingerprint density at radius 3 is 2.21 bits per heavy atom. The van der Waals surface area contributed by atoms with Gasteiger partial charge in [0.05, 0.1) is 11.6 Å². The third kappa shape index (κ3) is 5.83. The molecule has 1 unspecified atom stereocenters. The zero-order valence-corrected chi connectivity index (χ0v) is 23.9.